The molecule has 1 amide bonds. The summed E-state index contributed by atoms with van der Waals surface area (Å²) in [5.74, 6) is 0.177. The van der Waals surface area contributed by atoms with Crippen molar-refractivity contribution in [3.8, 4) is 0 Å². The van der Waals surface area contributed by atoms with Gasteiger partial charge >= 0.3 is 0 Å². The van der Waals surface area contributed by atoms with Crippen LogP contribution in [0.3, 0.4) is 0 Å². The van der Waals surface area contributed by atoms with Crippen LogP contribution in [-0.2, 0) is 6.54 Å². The molecule has 1 atom stereocenters. The van der Waals surface area contributed by atoms with Crippen LogP contribution in [-0.4, -0.2) is 28.8 Å². The minimum Gasteiger partial charge on any atom is -0.459 e. The van der Waals surface area contributed by atoms with Gasteiger partial charge in [-0.1, -0.05) is 0 Å². The molecule has 6 nitrogen and oxygen atoms in total. The average molecular weight is 260 g/mol. The Morgan fingerprint density at radius 2 is 2.53 bits per heavy atom. The van der Waals surface area contributed by atoms with Gasteiger partial charge in [0.2, 0.25) is 0 Å². The zero-order valence-electron chi connectivity index (χ0n) is 10.5. The second-order valence-electron chi connectivity index (χ2n) is 4.57. The van der Waals surface area contributed by atoms with E-state index in [2.05, 4.69) is 15.7 Å². The largest absolute Gasteiger partial charge is 0.459 e. The predicted octanol–water partition coefficient (Wildman–Crippen LogP) is 0.940. The molecule has 2 aromatic heterocycles. The summed E-state index contributed by atoms with van der Waals surface area (Å²) in [6, 6.07) is 5.66. The van der Waals surface area contributed by atoms with Gasteiger partial charge in [-0.25, -0.2) is 0 Å². The Kier molecular flexibility index (Phi) is 3.33. The average Bonchev–Trinajstić information content (AvgIpc) is 3.10. The first-order chi connectivity index (χ1) is 9.34. The maximum Gasteiger partial charge on any atom is 0.286 e. The molecule has 0 unspecified atom stereocenters. The lowest BCUT2D eigenvalue weighted by Gasteiger charge is -2.25. The van der Waals surface area contributed by atoms with E-state index in [1.54, 1.807) is 12.1 Å². The van der Waals surface area contributed by atoms with Crippen LogP contribution in [0.1, 0.15) is 28.7 Å². The third-order valence-electron chi connectivity index (χ3n) is 3.29. The number of nitrogens with one attached hydrogen (secondary N) is 2. The van der Waals surface area contributed by atoms with E-state index < -0.39 is 0 Å². The number of fused-ring (bicyclic) bond motifs is 1. The van der Waals surface area contributed by atoms with E-state index in [0.717, 1.165) is 19.5 Å². The van der Waals surface area contributed by atoms with Gasteiger partial charge in [0.05, 0.1) is 18.0 Å². The van der Waals surface area contributed by atoms with E-state index in [0.29, 0.717) is 12.3 Å². The molecule has 0 spiro atoms. The van der Waals surface area contributed by atoms with Crippen molar-refractivity contribution in [1.82, 2.24) is 20.4 Å². The first-order valence-electron chi connectivity index (χ1n) is 6.39. The molecule has 0 saturated heterocycles. The fraction of sp³-hybridized carbons (Fsp3) is 0.385. The first kappa shape index (κ1) is 12.0. The fourth-order valence-corrected chi connectivity index (χ4v) is 2.34. The SMILES string of the molecule is O=C(NCC[C@H]1CNCc2ccnn21)c1ccco1. The van der Waals surface area contributed by atoms with Gasteiger partial charge in [0.15, 0.2) is 5.76 Å². The number of carbonyl (C=O) groups is 1. The van der Waals surface area contributed by atoms with Gasteiger partial charge in [0.1, 0.15) is 0 Å². The van der Waals surface area contributed by atoms with E-state index in [1.807, 2.05) is 16.9 Å². The molecule has 1 aliphatic rings. The lowest BCUT2D eigenvalue weighted by atomic mass is 10.1. The van der Waals surface area contributed by atoms with Gasteiger partial charge in [-0.2, -0.15) is 5.10 Å². The van der Waals surface area contributed by atoms with Crippen molar-refractivity contribution in [2.75, 3.05) is 13.1 Å². The highest BCUT2D eigenvalue weighted by atomic mass is 16.3. The molecule has 0 saturated carbocycles. The molecule has 6 heteroatoms. The summed E-state index contributed by atoms with van der Waals surface area (Å²) in [6.45, 7) is 2.34. The molecule has 1 aliphatic heterocycles. The predicted molar refractivity (Wildman–Crippen MR) is 68.6 cm³/mol. The maximum atomic E-state index is 11.7. The summed E-state index contributed by atoms with van der Waals surface area (Å²) >= 11 is 0. The van der Waals surface area contributed by atoms with Crippen LogP contribution in [0.5, 0.6) is 0 Å². The molecule has 100 valence electrons. The molecule has 0 aromatic carbocycles. The van der Waals surface area contributed by atoms with Gasteiger partial charge in [0, 0.05) is 25.8 Å². The van der Waals surface area contributed by atoms with Crippen molar-refractivity contribution in [2.24, 2.45) is 0 Å². The standard InChI is InChI=1S/C13H16N4O2/c18-13(12-2-1-7-19-12)15-5-3-10-8-14-9-11-4-6-16-17(10)11/h1-2,4,6-7,10,14H,3,5,8-9H2,(H,15,18)/t10-/m0/s1. The summed E-state index contributed by atoms with van der Waals surface area (Å²) in [5.41, 5.74) is 1.19. The van der Waals surface area contributed by atoms with Gasteiger partial charge in [-0.15, -0.1) is 0 Å². The van der Waals surface area contributed by atoms with Crippen molar-refractivity contribution >= 4 is 5.91 Å². The number of hydrogen-bond acceptors (Lipinski definition) is 4. The number of furan rings is 1. The van der Waals surface area contributed by atoms with E-state index in [-0.39, 0.29) is 11.9 Å². The molecular weight excluding hydrogens is 244 g/mol. The second-order valence-corrected chi connectivity index (χ2v) is 4.57. The van der Waals surface area contributed by atoms with E-state index in [1.165, 1.54) is 12.0 Å². The van der Waals surface area contributed by atoms with E-state index in [9.17, 15) is 4.79 Å². The maximum absolute atomic E-state index is 11.7. The minimum absolute atomic E-state index is 0.172. The van der Waals surface area contributed by atoms with Crippen molar-refractivity contribution in [3.05, 3.63) is 42.1 Å². The summed E-state index contributed by atoms with van der Waals surface area (Å²) < 4.78 is 7.08. The van der Waals surface area contributed by atoms with Gasteiger partial charge in [-0.3, -0.25) is 9.48 Å². The molecule has 19 heavy (non-hydrogen) atoms. The molecule has 3 rings (SSSR count). The zero-order valence-corrected chi connectivity index (χ0v) is 10.5. The quantitative estimate of drug-likeness (QED) is 0.858. The highest BCUT2D eigenvalue weighted by Crippen LogP contribution is 2.16. The van der Waals surface area contributed by atoms with Gasteiger partial charge < -0.3 is 15.1 Å². The van der Waals surface area contributed by atoms with Crippen LogP contribution < -0.4 is 10.6 Å². The molecule has 0 radical (unpaired) electrons. The molecule has 0 aliphatic carbocycles. The van der Waals surface area contributed by atoms with Crippen molar-refractivity contribution < 1.29 is 9.21 Å². The highest BCUT2D eigenvalue weighted by molar-refractivity contribution is 5.91. The van der Waals surface area contributed by atoms with Crippen LogP contribution in [0.15, 0.2) is 35.1 Å². The fourth-order valence-electron chi connectivity index (χ4n) is 2.34. The molecular formula is C13H16N4O2. The summed E-state index contributed by atoms with van der Waals surface area (Å²) in [6.07, 6.45) is 4.15. The number of carbonyl (C=O) groups excluding carboxylic acids is 1. The topological polar surface area (TPSA) is 72.1 Å². The monoisotopic (exact) mass is 260 g/mol. The van der Waals surface area contributed by atoms with Crippen LogP contribution in [0.4, 0.5) is 0 Å². The lowest BCUT2D eigenvalue weighted by Crippen LogP contribution is -2.36. The zero-order chi connectivity index (χ0) is 13.1. The Morgan fingerprint density at radius 1 is 1.58 bits per heavy atom. The van der Waals surface area contributed by atoms with E-state index >= 15 is 0 Å². The summed E-state index contributed by atoms with van der Waals surface area (Å²) in [5, 5.41) is 10.5. The highest BCUT2D eigenvalue weighted by Gasteiger charge is 2.19. The Hall–Kier alpha value is -2.08. The molecule has 0 fully saturated rings. The Labute approximate surface area is 110 Å². The minimum atomic E-state index is -0.172. The van der Waals surface area contributed by atoms with Crippen LogP contribution >= 0.6 is 0 Å². The first-order valence-corrected chi connectivity index (χ1v) is 6.39. The van der Waals surface area contributed by atoms with Gasteiger partial charge in [-0.05, 0) is 24.6 Å². The van der Waals surface area contributed by atoms with Crippen LogP contribution in [0, 0.1) is 0 Å². The third-order valence-corrected chi connectivity index (χ3v) is 3.29. The number of amides is 1. The van der Waals surface area contributed by atoms with E-state index in [4.69, 9.17) is 4.42 Å². The Morgan fingerprint density at radius 3 is 3.37 bits per heavy atom. The van der Waals surface area contributed by atoms with Gasteiger partial charge in [0.25, 0.3) is 5.91 Å². The normalized spacial score (nSPS) is 18.0. The van der Waals surface area contributed by atoms with Crippen molar-refractivity contribution in [3.63, 3.8) is 0 Å². The summed E-state index contributed by atoms with van der Waals surface area (Å²) in [4.78, 5) is 11.7. The Balaban J connectivity index is 1.53. The van der Waals surface area contributed by atoms with Crippen LogP contribution in [0.25, 0.3) is 0 Å². The summed E-state index contributed by atoms with van der Waals surface area (Å²) in [7, 11) is 0. The molecule has 0 bridgehead atoms. The van der Waals surface area contributed by atoms with Crippen molar-refractivity contribution in [1.29, 1.82) is 0 Å². The number of aromatic nitrogens is 2. The van der Waals surface area contributed by atoms with Crippen molar-refractivity contribution in [2.45, 2.75) is 19.0 Å². The third kappa shape index (κ3) is 2.53. The van der Waals surface area contributed by atoms with Crippen LogP contribution in [0.2, 0.25) is 0 Å². The second kappa shape index (κ2) is 5.27. The molecule has 3 heterocycles. The Bertz CT molecular complexity index is 547. The molecule has 2 aromatic rings. The molecule has 2 N–H and O–H groups in total. The smallest absolute Gasteiger partial charge is 0.286 e. The number of hydrogen-bond donors (Lipinski definition) is 2. The number of rotatable bonds is 4. The number of nitrogens with zero attached hydrogens (tertiary/aromatic N) is 2. The lowest BCUT2D eigenvalue weighted by molar-refractivity contribution is 0.0923.